The molecule has 1 aliphatic rings. The number of rotatable bonds is 9. The van der Waals surface area contributed by atoms with Crippen LogP contribution >= 0.6 is 0 Å². The van der Waals surface area contributed by atoms with Crippen LogP contribution in [-0.2, 0) is 14.3 Å². The maximum atomic E-state index is 12.4. The highest BCUT2D eigenvalue weighted by molar-refractivity contribution is 5.84. The number of hydrogen-bond donors (Lipinski definition) is 3. The summed E-state index contributed by atoms with van der Waals surface area (Å²) in [6.45, 7) is 3.72. The summed E-state index contributed by atoms with van der Waals surface area (Å²) in [7, 11) is 0. The molecule has 0 saturated carbocycles. The van der Waals surface area contributed by atoms with Crippen molar-refractivity contribution in [2.75, 3.05) is 6.61 Å². The number of fused-ring (bicyclic) bond motifs is 3. The van der Waals surface area contributed by atoms with Gasteiger partial charge in [0.05, 0.1) is 0 Å². The fraction of sp³-hybridized carbons (Fsp3) is 0.375. The standard InChI is InChI=1S/C24H28N2O5/c1-3-15(13-22(27)26-21(4-2)23(28)29)25-24(30)31-14-20-18-11-7-5-9-16(18)17-10-6-8-12-19(17)20/h5-12,15,20-21H,3-4,13-14H2,1-2H3,(H,25,30)(H,26,27)(H,28,29)/t15-,21+/m1/s1. The van der Waals surface area contributed by atoms with E-state index in [4.69, 9.17) is 9.84 Å². The van der Waals surface area contributed by atoms with E-state index in [1.165, 1.54) is 0 Å². The number of carboxylic acids is 1. The van der Waals surface area contributed by atoms with E-state index in [-0.39, 0.29) is 25.4 Å². The second kappa shape index (κ2) is 10.1. The lowest BCUT2D eigenvalue weighted by molar-refractivity contribution is -0.142. The molecule has 3 N–H and O–H groups in total. The summed E-state index contributed by atoms with van der Waals surface area (Å²) >= 11 is 0. The number of carboxylic acid groups (broad SMARTS) is 1. The lowest BCUT2D eigenvalue weighted by atomic mass is 9.98. The molecule has 7 nitrogen and oxygen atoms in total. The minimum atomic E-state index is -1.08. The molecule has 31 heavy (non-hydrogen) atoms. The van der Waals surface area contributed by atoms with Gasteiger partial charge in [-0.25, -0.2) is 9.59 Å². The molecule has 164 valence electrons. The van der Waals surface area contributed by atoms with Crippen molar-refractivity contribution in [2.24, 2.45) is 0 Å². The summed E-state index contributed by atoms with van der Waals surface area (Å²) < 4.78 is 5.52. The first kappa shape index (κ1) is 22.3. The Labute approximate surface area is 181 Å². The van der Waals surface area contributed by atoms with Crippen molar-refractivity contribution in [3.63, 3.8) is 0 Å². The van der Waals surface area contributed by atoms with Gasteiger partial charge in [0.1, 0.15) is 12.6 Å². The van der Waals surface area contributed by atoms with E-state index >= 15 is 0 Å². The lowest BCUT2D eigenvalue weighted by Crippen LogP contribution is -2.44. The molecule has 2 atom stereocenters. The first-order valence-electron chi connectivity index (χ1n) is 10.6. The molecule has 3 rings (SSSR count). The molecule has 0 heterocycles. The Morgan fingerprint density at radius 1 is 0.935 bits per heavy atom. The van der Waals surface area contributed by atoms with Gasteiger partial charge in [0.2, 0.25) is 5.91 Å². The van der Waals surface area contributed by atoms with Gasteiger partial charge in [-0.2, -0.15) is 0 Å². The highest BCUT2D eigenvalue weighted by Crippen LogP contribution is 2.44. The molecule has 7 heteroatoms. The molecule has 0 spiro atoms. The van der Waals surface area contributed by atoms with Crippen LogP contribution in [0.5, 0.6) is 0 Å². The first-order chi connectivity index (χ1) is 14.9. The summed E-state index contributed by atoms with van der Waals surface area (Å²) in [5.74, 6) is -1.53. The molecule has 2 aromatic rings. The van der Waals surface area contributed by atoms with Gasteiger partial charge >= 0.3 is 12.1 Å². The Morgan fingerprint density at radius 3 is 2.03 bits per heavy atom. The molecule has 0 aliphatic heterocycles. The maximum Gasteiger partial charge on any atom is 0.407 e. The molecule has 0 saturated heterocycles. The molecule has 0 aromatic heterocycles. The SMILES string of the molecule is CC[C@H](CC(=O)N[C@@H](CC)C(=O)O)NC(=O)OCC1c2ccccc2-c2ccccc21. The highest BCUT2D eigenvalue weighted by Gasteiger charge is 2.29. The monoisotopic (exact) mass is 424 g/mol. The topological polar surface area (TPSA) is 105 Å². The Balaban J connectivity index is 1.57. The lowest BCUT2D eigenvalue weighted by Gasteiger charge is -2.19. The Bertz CT molecular complexity index is 913. The van der Waals surface area contributed by atoms with Gasteiger partial charge in [-0.3, -0.25) is 4.79 Å². The number of hydrogen-bond acceptors (Lipinski definition) is 4. The predicted molar refractivity (Wildman–Crippen MR) is 117 cm³/mol. The van der Waals surface area contributed by atoms with Gasteiger partial charge in [-0.1, -0.05) is 62.4 Å². The normalized spacial score (nSPS) is 14.1. The van der Waals surface area contributed by atoms with Crippen LogP contribution < -0.4 is 10.6 Å². The molecule has 0 radical (unpaired) electrons. The van der Waals surface area contributed by atoms with E-state index in [1.807, 2.05) is 43.3 Å². The van der Waals surface area contributed by atoms with Crippen molar-refractivity contribution >= 4 is 18.0 Å². The molecule has 0 bridgehead atoms. The molecular weight excluding hydrogens is 396 g/mol. The van der Waals surface area contributed by atoms with E-state index in [9.17, 15) is 14.4 Å². The van der Waals surface area contributed by atoms with Crippen LogP contribution in [0.2, 0.25) is 0 Å². The van der Waals surface area contributed by atoms with Crippen LogP contribution in [0.3, 0.4) is 0 Å². The van der Waals surface area contributed by atoms with Crippen molar-refractivity contribution in [3.8, 4) is 11.1 Å². The summed E-state index contributed by atoms with van der Waals surface area (Å²) in [4.78, 5) is 35.6. The van der Waals surface area contributed by atoms with Gasteiger partial charge in [-0.05, 0) is 35.1 Å². The van der Waals surface area contributed by atoms with Crippen molar-refractivity contribution in [1.29, 1.82) is 0 Å². The number of ether oxygens (including phenoxy) is 1. The second-order valence-electron chi connectivity index (χ2n) is 7.65. The molecule has 0 unspecified atom stereocenters. The van der Waals surface area contributed by atoms with Crippen molar-refractivity contribution in [1.82, 2.24) is 10.6 Å². The number of alkyl carbamates (subject to hydrolysis) is 1. The second-order valence-corrected chi connectivity index (χ2v) is 7.65. The third kappa shape index (κ3) is 5.23. The summed E-state index contributed by atoms with van der Waals surface area (Å²) in [6, 6.07) is 14.8. The molecule has 0 fully saturated rings. The van der Waals surface area contributed by atoms with Crippen LogP contribution in [-0.4, -0.2) is 41.8 Å². The van der Waals surface area contributed by atoms with Crippen LogP contribution in [0.15, 0.2) is 48.5 Å². The number of carbonyl (C=O) groups excluding carboxylic acids is 2. The fourth-order valence-corrected chi connectivity index (χ4v) is 3.92. The van der Waals surface area contributed by atoms with Crippen LogP contribution in [0.1, 0.15) is 50.2 Å². The number of amides is 2. The zero-order valence-electron chi connectivity index (χ0n) is 17.8. The van der Waals surface area contributed by atoms with E-state index < -0.39 is 30.1 Å². The summed E-state index contributed by atoms with van der Waals surface area (Å²) in [6.07, 6.45) is 0.204. The largest absolute Gasteiger partial charge is 0.480 e. The molecule has 2 aromatic carbocycles. The third-order valence-electron chi connectivity index (χ3n) is 5.63. The van der Waals surface area contributed by atoms with E-state index in [0.29, 0.717) is 6.42 Å². The summed E-state index contributed by atoms with van der Waals surface area (Å²) in [5, 5.41) is 14.3. The van der Waals surface area contributed by atoms with Gasteiger partial charge in [0.25, 0.3) is 0 Å². The minimum Gasteiger partial charge on any atom is -0.480 e. The Morgan fingerprint density at radius 2 is 1.52 bits per heavy atom. The average molecular weight is 424 g/mol. The third-order valence-corrected chi connectivity index (χ3v) is 5.63. The van der Waals surface area contributed by atoms with Crippen molar-refractivity contribution in [2.45, 2.75) is 51.1 Å². The van der Waals surface area contributed by atoms with Crippen molar-refractivity contribution in [3.05, 3.63) is 59.7 Å². The van der Waals surface area contributed by atoms with Gasteiger partial charge in [0, 0.05) is 18.4 Å². The molecule has 2 amide bonds. The van der Waals surface area contributed by atoms with Crippen LogP contribution in [0, 0.1) is 0 Å². The first-order valence-corrected chi connectivity index (χ1v) is 10.6. The van der Waals surface area contributed by atoms with Crippen LogP contribution in [0.25, 0.3) is 11.1 Å². The van der Waals surface area contributed by atoms with Gasteiger partial charge in [0.15, 0.2) is 0 Å². The van der Waals surface area contributed by atoms with Gasteiger partial charge < -0.3 is 20.5 Å². The maximum absolute atomic E-state index is 12.4. The summed E-state index contributed by atoms with van der Waals surface area (Å²) in [5.41, 5.74) is 4.56. The average Bonchev–Trinajstić information content (AvgIpc) is 3.09. The van der Waals surface area contributed by atoms with Crippen LogP contribution in [0.4, 0.5) is 4.79 Å². The highest BCUT2D eigenvalue weighted by atomic mass is 16.5. The Hall–Kier alpha value is -3.35. The molecular formula is C24H28N2O5. The van der Waals surface area contributed by atoms with Crippen molar-refractivity contribution < 1.29 is 24.2 Å². The van der Waals surface area contributed by atoms with Gasteiger partial charge in [-0.15, -0.1) is 0 Å². The number of carbonyl (C=O) groups is 3. The number of nitrogens with one attached hydrogen (secondary N) is 2. The fourth-order valence-electron chi connectivity index (χ4n) is 3.92. The zero-order chi connectivity index (χ0) is 22.4. The van der Waals surface area contributed by atoms with E-state index in [2.05, 4.69) is 22.8 Å². The smallest absolute Gasteiger partial charge is 0.407 e. The van der Waals surface area contributed by atoms with E-state index in [0.717, 1.165) is 22.3 Å². The number of benzene rings is 2. The minimum absolute atomic E-state index is 0.00945. The quantitative estimate of drug-likeness (QED) is 0.570. The zero-order valence-corrected chi connectivity index (χ0v) is 17.8. The number of aliphatic carboxylic acids is 1. The molecule has 1 aliphatic carbocycles. The van der Waals surface area contributed by atoms with E-state index in [1.54, 1.807) is 6.92 Å². The predicted octanol–water partition coefficient (Wildman–Crippen LogP) is 3.67. The Kier molecular flexibility index (Phi) is 7.28.